The number of benzene rings is 3. The van der Waals surface area contributed by atoms with Gasteiger partial charge in [0.05, 0.1) is 23.0 Å². The third kappa shape index (κ3) is 3.69. The lowest BCUT2D eigenvalue weighted by molar-refractivity contribution is -0.123. The number of aryl methyl sites for hydroxylation is 1. The number of rotatable bonds is 7. The first kappa shape index (κ1) is 10.2. The fourth-order valence-corrected chi connectivity index (χ4v) is 4.53. The first-order valence-corrected chi connectivity index (χ1v) is 10.3. The van der Waals surface area contributed by atoms with Gasteiger partial charge in [-0.25, -0.2) is 0 Å². The van der Waals surface area contributed by atoms with Crippen molar-refractivity contribution in [2.75, 3.05) is 26.2 Å². The molecule has 0 unspecified atom stereocenters. The minimum Gasteiger partial charge on any atom is -0.493 e. The summed E-state index contributed by atoms with van der Waals surface area (Å²) in [4.78, 5) is 15.5. The van der Waals surface area contributed by atoms with E-state index in [4.69, 9.17) is 29.7 Å². The Bertz CT molecular complexity index is 1650. The number of likely N-dealkylation sites (tertiary alicyclic amines) is 1. The summed E-state index contributed by atoms with van der Waals surface area (Å²) in [7, 11) is 0. The highest BCUT2D eigenvalue weighted by molar-refractivity contribution is 5.91. The molecule has 1 amide bonds. The third-order valence-corrected chi connectivity index (χ3v) is 6.07. The number of carbonyl (C=O) groups excluding carboxylic acids is 1. The molecular weight excluding hydrogens is 396 g/mol. The van der Waals surface area contributed by atoms with Crippen LogP contribution in [0.15, 0.2) is 78.6 Å². The van der Waals surface area contributed by atoms with Crippen molar-refractivity contribution in [3.63, 3.8) is 0 Å². The molecule has 32 heavy (non-hydrogen) atoms. The number of amides is 1. The van der Waals surface area contributed by atoms with Crippen LogP contribution in [0.5, 0.6) is 5.75 Å². The molecule has 4 nitrogen and oxygen atoms in total. The predicted octanol–water partition coefficient (Wildman–Crippen LogP) is 3.96. The van der Waals surface area contributed by atoms with Crippen molar-refractivity contribution in [1.82, 2.24) is 4.90 Å². The van der Waals surface area contributed by atoms with Crippen LogP contribution in [-0.4, -0.2) is 37.0 Å². The van der Waals surface area contributed by atoms with Gasteiger partial charge in [0.15, 0.2) is 0 Å². The van der Waals surface area contributed by atoms with Gasteiger partial charge in [-0.15, -0.1) is 0 Å². The average Bonchev–Trinajstić information content (AvgIpc) is 3.57. The molecule has 0 saturated carbocycles. The second-order valence-corrected chi connectivity index (χ2v) is 7.82. The van der Waals surface area contributed by atoms with Gasteiger partial charge in [0.1, 0.15) is 11.2 Å². The second kappa shape index (κ2) is 8.79. The Kier molecular flexibility index (Phi) is 2.81. The fourth-order valence-electron chi connectivity index (χ4n) is 4.53. The van der Waals surface area contributed by atoms with Crippen LogP contribution in [0.25, 0.3) is 0 Å². The Morgan fingerprint density at radius 1 is 1.16 bits per heavy atom. The lowest BCUT2D eigenvalue weighted by atomic mass is 9.64. The molecule has 2 aliphatic heterocycles. The molecule has 0 aromatic heterocycles. The lowest BCUT2D eigenvalue weighted by Gasteiger charge is -2.37. The van der Waals surface area contributed by atoms with Crippen molar-refractivity contribution in [3.05, 3.63) is 101 Å². The molecule has 3 aromatic rings. The highest BCUT2D eigenvalue weighted by Crippen LogP contribution is 2.43. The molecule has 1 saturated heterocycles. The number of hydrogen-bond acceptors (Lipinski definition) is 3. The Morgan fingerprint density at radius 3 is 2.50 bits per heavy atom. The largest absolute Gasteiger partial charge is 0.493 e. The van der Waals surface area contributed by atoms with Crippen LogP contribution in [0.2, 0.25) is 0 Å². The van der Waals surface area contributed by atoms with Crippen LogP contribution in [-0.2, 0) is 23.0 Å². The molecule has 5 rings (SSSR count). The van der Waals surface area contributed by atoms with Gasteiger partial charge in [0.25, 0.3) is 0 Å². The first-order chi connectivity index (χ1) is 21.3. The Labute approximate surface area is 209 Å². The van der Waals surface area contributed by atoms with Gasteiger partial charge < -0.3 is 15.4 Å². The summed E-state index contributed by atoms with van der Waals surface area (Å²) < 4.78 is 123. The molecule has 0 radical (unpaired) electrons. The summed E-state index contributed by atoms with van der Waals surface area (Å²) >= 11 is 0. The zero-order valence-corrected chi connectivity index (χ0v) is 17.2. The quantitative estimate of drug-likeness (QED) is 0.605. The van der Waals surface area contributed by atoms with E-state index < -0.39 is 102 Å². The molecule has 2 heterocycles. The minimum atomic E-state index is -2.50. The minimum absolute atomic E-state index is 0.0294. The van der Waals surface area contributed by atoms with E-state index >= 15 is 0 Å². The van der Waals surface area contributed by atoms with E-state index in [-0.39, 0.29) is 38.0 Å². The second-order valence-electron chi connectivity index (χ2n) is 7.82. The number of hydrogen-bond donors (Lipinski definition) is 1. The van der Waals surface area contributed by atoms with Crippen LogP contribution in [0.1, 0.15) is 47.9 Å². The molecule has 0 aliphatic carbocycles. The lowest BCUT2D eigenvalue weighted by Crippen LogP contribution is -2.49. The van der Waals surface area contributed by atoms with Crippen LogP contribution in [0.3, 0.4) is 0 Å². The number of ether oxygens (including phenoxy) is 1. The summed E-state index contributed by atoms with van der Waals surface area (Å²) in [6.07, 6.45) is -2.04. The Hall–Kier alpha value is -3.11. The molecule has 2 N–H and O–H groups in total. The maximum atomic E-state index is 13.8. The number of fused-ring (bicyclic) bond motifs is 1. The summed E-state index contributed by atoms with van der Waals surface area (Å²) in [6, 6.07) is -3.46. The van der Waals surface area contributed by atoms with Gasteiger partial charge in [0, 0.05) is 22.3 Å². The van der Waals surface area contributed by atoms with Gasteiger partial charge >= 0.3 is 0 Å². The van der Waals surface area contributed by atoms with Crippen molar-refractivity contribution in [1.29, 1.82) is 0 Å². The predicted molar refractivity (Wildman–Crippen MR) is 127 cm³/mol. The van der Waals surface area contributed by atoms with Crippen molar-refractivity contribution in [2.24, 2.45) is 11.7 Å². The highest BCUT2D eigenvalue weighted by Gasteiger charge is 2.49. The summed E-state index contributed by atoms with van der Waals surface area (Å²) in [5, 5.41) is 0. The normalized spacial score (nSPS) is 26.6. The molecule has 2 aliphatic rings. The monoisotopic (exact) mass is 440 g/mol. The molecule has 1 fully saturated rings. The zero-order valence-electron chi connectivity index (χ0n) is 31.2. The van der Waals surface area contributed by atoms with Crippen LogP contribution >= 0.6 is 0 Å². The topological polar surface area (TPSA) is 55.6 Å². The van der Waals surface area contributed by atoms with Crippen LogP contribution in [0, 0.1) is 5.92 Å². The molecular formula is C28H30N2O2. The van der Waals surface area contributed by atoms with Gasteiger partial charge in [-0.05, 0) is 53.6 Å². The molecule has 0 bridgehead atoms. The molecule has 1 atom stereocenters. The van der Waals surface area contributed by atoms with Gasteiger partial charge in [-0.2, -0.15) is 0 Å². The van der Waals surface area contributed by atoms with Gasteiger partial charge in [-0.3, -0.25) is 4.79 Å². The fraction of sp³-hybridized carbons (Fsp3) is 0.321. The van der Waals surface area contributed by atoms with Crippen molar-refractivity contribution < 1.29 is 28.7 Å². The van der Waals surface area contributed by atoms with E-state index in [1.807, 2.05) is 0 Å². The zero-order chi connectivity index (χ0) is 34.3. The van der Waals surface area contributed by atoms with E-state index in [1.54, 1.807) is 4.90 Å². The highest BCUT2D eigenvalue weighted by atomic mass is 16.5. The molecule has 0 spiro atoms. The van der Waals surface area contributed by atoms with Gasteiger partial charge in [-0.1, -0.05) is 72.6 Å². The molecule has 3 aromatic carbocycles. The number of carbonyl (C=O) groups is 1. The maximum absolute atomic E-state index is 13.8. The summed E-state index contributed by atoms with van der Waals surface area (Å²) in [5.74, 6) is -2.07. The number of nitrogens with two attached hydrogens (primary N) is 1. The molecule has 4 heteroatoms. The first-order valence-electron chi connectivity index (χ1n) is 17.3. The van der Waals surface area contributed by atoms with E-state index in [1.165, 1.54) is 18.2 Å². The smallest absolute Gasteiger partial charge is 0.232 e. The van der Waals surface area contributed by atoms with Crippen molar-refractivity contribution in [2.45, 2.75) is 24.6 Å². The molecule has 164 valence electrons. The summed E-state index contributed by atoms with van der Waals surface area (Å²) in [5.41, 5.74) is 3.07. The van der Waals surface area contributed by atoms with E-state index in [0.29, 0.717) is 11.3 Å². The standard InChI is InChI=1S/C28H30N2O2/c29-27(31)28(23-7-3-1-4-8-23,24-9-5-2-6-10-24)25-14-17-30(20-25)16-13-21-11-12-26-22(19-21)15-18-32-26/h1-12,19,25H,13-18,20H2,(H2,29,31)/t25-/m1/s1/i1D,2D,3D,4D,5D,6D,7D,8D,9D,10D,13D2,18D2. The SMILES string of the molecule is [2H]c1c([2H])c([2H])c(C(C(N)=O)(c2c([2H])c([2H])c([2H])c([2H])c2[2H])[C@@H]2CCN(CC([2H])([2H])c3ccc4c(c3)CC([2H])([2H])O4)C2)c([2H])c1[2H]. The van der Waals surface area contributed by atoms with Crippen LogP contribution < -0.4 is 10.5 Å². The maximum Gasteiger partial charge on any atom is 0.232 e. The Balaban J connectivity index is 1.65. The Morgan fingerprint density at radius 2 is 1.84 bits per heavy atom. The number of nitrogens with zero attached hydrogens (tertiary/aromatic N) is 1. The number of primary amides is 1. The average molecular weight is 441 g/mol. The van der Waals surface area contributed by atoms with E-state index in [2.05, 4.69) is 0 Å². The van der Waals surface area contributed by atoms with Crippen molar-refractivity contribution >= 4 is 5.91 Å². The van der Waals surface area contributed by atoms with Crippen molar-refractivity contribution in [3.8, 4) is 5.75 Å². The van der Waals surface area contributed by atoms with E-state index in [9.17, 15) is 4.79 Å². The third-order valence-electron chi connectivity index (χ3n) is 6.07. The van der Waals surface area contributed by atoms with Crippen LogP contribution in [0.4, 0.5) is 0 Å². The van der Waals surface area contributed by atoms with Gasteiger partial charge in [0.2, 0.25) is 5.91 Å². The van der Waals surface area contributed by atoms with E-state index in [0.717, 1.165) is 0 Å². The summed E-state index contributed by atoms with van der Waals surface area (Å²) in [6.45, 7) is -2.18.